The summed E-state index contributed by atoms with van der Waals surface area (Å²) >= 11 is 0. The molecule has 1 unspecified atom stereocenters. The largest absolute Gasteiger partial charge is 0.462 e. The number of nitrogens with one attached hydrogen (secondary N) is 1. The summed E-state index contributed by atoms with van der Waals surface area (Å²) in [7, 11) is 0. The Hall–Kier alpha value is -3.15. The van der Waals surface area contributed by atoms with Crippen LogP contribution >= 0.6 is 0 Å². The third-order valence-electron chi connectivity index (χ3n) is 4.47. The Bertz CT molecular complexity index is 878. The van der Waals surface area contributed by atoms with E-state index in [0.717, 1.165) is 5.56 Å². The average molecular weight is 366 g/mol. The molecule has 0 spiro atoms. The van der Waals surface area contributed by atoms with Crippen molar-refractivity contribution in [3.05, 3.63) is 59.7 Å². The number of hydrogen-bond donors (Lipinski definition) is 1. The molecule has 1 N–H and O–H groups in total. The molecule has 1 heterocycles. The van der Waals surface area contributed by atoms with E-state index in [-0.39, 0.29) is 31.4 Å². The van der Waals surface area contributed by atoms with Gasteiger partial charge in [-0.2, -0.15) is 0 Å². The minimum absolute atomic E-state index is 0.106. The number of esters is 1. The van der Waals surface area contributed by atoms with Gasteiger partial charge in [-0.25, -0.2) is 4.79 Å². The number of hydrogen-bond acceptors (Lipinski definition) is 4. The molecule has 0 bridgehead atoms. The first-order valence-electron chi connectivity index (χ1n) is 8.93. The van der Waals surface area contributed by atoms with E-state index in [0.29, 0.717) is 16.9 Å². The first-order chi connectivity index (χ1) is 13.0. The fraction of sp³-hybridized carbons (Fsp3) is 0.286. The van der Waals surface area contributed by atoms with Crippen LogP contribution < -0.4 is 10.2 Å². The molecule has 1 aliphatic rings. The summed E-state index contributed by atoms with van der Waals surface area (Å²) in [5, 5.41) is 2.87. The highest BCUT2D eigenvalue weighted by atomic mass is 16.5. The van der Waals surface area contributed by atoms with Gasteiger partial charge in [0, 0.05) is 18.7 Å². The maximum absolute atomic E-state index is 12.6. The smallest absolute Gasteiger partial charge is 0.340 e. The summed E-state index contributed by atoms with van der Waals surface area (Å²) in [5.74, 6) is -1.34. The Morgan fingerprint density at radius 2 is 1.96 bits per heavy atom. The van der Waals surface area contributed by atoms with Crippen LogP contribution in [-0.2, 0) is 14.3 Å². The summed E-state index contributed by atoms with van der Waals surface area (Å²) in [6, 6.07) is 14.3. The van der Waals surface area contributed by atoms with Crippen molar-refractivity contribution >= 4 is 29.2 Å². The second-order valence-corrected chi connectivity index (χ2v) is 6.50. The van der Waals surface area contributed by atoms with Gasteiger partial charge in [0.15, 0.2) is 0 Å². The van der Waals surface area contributed by atoms with Crippen LogP contribution in [0.3, 0.4) is 0 Å². The molecule has 2 amide bonds. The third kappa shape index (κ3) is 4.16. The van der Waals surface area contributed by atoms with Gasteiger partial charge in [-0.15, -0.1) is 0 Å². The molecule has 27 heavy (non-hydrogen) atoms. The van der Waals surface area contributed by atoms with Crippen LogP contribution in [0.25, 0.3) is 0 Å². The molecule has 0 aromatic heterocycles. The van der Waals surface area contributed by atoms with Crippen LogP contribution in [0.5, 0.6) is 0 Å². The summed E-state index contributed by atoms with van der Waals surface area (Å²) in [6.45, 7) is 4.16. The molecule has 2 aromatic carbocycles. The van der Waals surface area contributed by atoms with Crippen LogP contribution in [0.2, 0.25) is 0 Å². The number of carbonyl (C=O) groups is 3. The van der Waals surface area contributed by atoms with Crippen molar-refractivity contribution in [3.8, 4) is 0 Å². The molecule has 0 aliphatic carbocycles. The standard InChI is InChI=1S/C21H22N2O4/c1-3-27-21(26)17-9-4-5-10-18(17)23-13-15(12-19(23)24)20(25)22-16-8-6-7-14(2)11-16/h4-11,15H,3,12-13H2,1-2H3,(H,22,25). The van der Waals surface area contributed by atoms with E-state index in [1.165, 1.54) is 4.90 Å². The minimum atomic E-state index is -0.478. The Balaban J connectivity index is 1.76. The quantitative estimate of drug-likeness (QED) is 0.825. The number of anilines is 2. The van der Waals surface area contributed by atoms with Gasteiger partial charge in [-0.3, -0.25) is 9.59 Å². The Kier molecular flexibility index (Phi) is 5.54. The molecule has 6 heteroatoms. The first-order valence-corrected chi connectivity index (χ1v) is 8.93. The number of para-hydroxylation sites is 1. The summed E-state index contributed by atoms with van der Waals surface area (Å²) in [5.41, 5.74) is 2.55. The van der Waals surface area contributed by atoms with Gasteiger partial charge in [-0.1, -0.05) is 24.3 Å². The lowest BCUT2D eigenvalue weighted by Crippen LogP contribution is -2.29. The van der Waals surface area contributed by atoms with Crippen molar-refractivity contribution in [1.82, 2.24) is 0 Å². The highest BCUT2D eigenvalue weighted by Crippen LogP contribution is 2.29. The molecule has 1 aliphatic heterocycles. The molecule has 3 rings (SSSR count). The summed E-state index contributed by atoms with van der Waals surface area (Å²) in [6.07, 6.45) is 0.106. The lowest BCUT2D eigenvalue weighted by molar-refractivity contribution is -0.122. The number of ether oxygens (including phenoxy) is 1. The van der Waals surface area contributed by atoms with Gasteiger partial charge in [-0.05, 0) is 43.7 Å². The van der Waals surface area contributed by atoms with E-state index < -0.39 is 11.9 Å². The molecule has 1 atom stereocenters. The second kappa shape index (κ2) is 8.03. The number of rotatable bonds is 5. The van der Waals surface area contributed by atoms with E-state index in [9.17, 15) is 14.4 Å². The van der Waals surface area contributed by atoms with Crippen molar-refractivity contribution in [2.75, 3.05) is 23.4 Å². The summed E-state index contributed by atoms with van der Waals surface area (Å²) < 4.78 is 5.07. The number of benzene rings is 2. The molecule has 0 saturated carbocycles. The monoisotopic (exact) mass is 366 g/mol. The number of amides is 2. The maximum Gasteiger partial charge on any atom is 0.340 e. The lowest BCUT2D eigenvalue weighted by atomic mass is 10.1. The number of carbonyl (C=O) groups excluding carboxylic acids is 3. The molecule has 1 fully saturated rings. The van der Waals surface area contributed by atoms with Crippen LogP contribution in [0.15, 0.2) is 48.5 Å². The highest BCUT2D eigenvalue weighted by molar-refractivity contribution is 6.07. The van der Waals surface area contributed by atoms with E-state index in [1.54, 1.807) is 31.2 Å². The van der Waals surface area contributed by atoms with Gasteiger partial charge < -0.3 is 15.0 Å². The first kappa shape index (κ1) is 18.6. The number of nitrogens with zero attached hydrogens (tertiary/aromatic N) is 1. The molecular weight excluding hydrogens is 344 g/mol. The second-order valence-electron chi connectivity index (χ2n) is 6.50. The van der Waals surface area contributed by atoms with Gasteiger partial charge in [0.05, 0.1) is 23.8 Å². The molecule has 2 aromatic rings. The van der Waals surface area contributed by atoms with Crippen LogP contribution in [0, 0.1) is 12.8 Å². The fourth-order valence-corrected chi connectivity index (χ4v) is 3.17. The van der Waals surface area contributed by atoms with E-state index in [4.69, 9.17) is 4.74 Å². The minimum Gasteiger partial charge on any atom is -0.462 e. The van der Waals surface area contributed by atoms with E-state index in [1.807, 2.05) is 31.2 Å². The predicted molar refractivity (Wildman–Crippen MR) is 103 cm³/mol. The zero-order valence-electron chi connectivity index (χ0n) is 15.4. The molecular formula is C21H22N2O4. The van der Waals surface area contributed by atoms with E-state index >= 15 is 0 Å². The summed E-state index contributed by atoms with van der Waals surface area (Å²) in [4.78, 5) is 38.8. The number of aryl methyl sites for hydroxylation is 1. The van der Waals surface area contributed by atoms with E-state index in [2.05, 4.69) is 5.32 Å². The highest BCUT2D eigenvalue weighted by Gasteiger charge is 2.36. The van der Waals surface area contributed by atoms with Gasteiger partial charge in [0.1, 0.15) is 0 Å². The van der Waals surface area contributed by atoms with Crippen LogP contribution in [0.4, 0.5) is 11.4 Å². The third-order valence-corrected chi connectivity index (χ3v) is 4.47. The molecule has 140 valence electrons. The Labute approximate surface area is 158 Å². The fourth-order valence-electron chi connectivity index (χ4n) is 3.17. The predicted octanol–water partition coefficient (Wildman–Crippen LogP) is 3.16. The topological polar surface area (TPSA) is 75.7 Å². The van der Waals surface area contributed by atoms with Crippen LogP contribution in [-0.4, -0.2) is 30.9 Å². The van der Waals surface area contributed by atoms with Crippen molar-refractivity contribution in [1.29, 1.82) is 0 Å². The Morgan fingerprint density at radius 1 is 1.19 bits per heavy atom. The zero-order valence-corrected chi connectivity index (χ0v) is 15.4. The normalized spacial score (nSPS) is 16.3. The van der Waals surface area contributed by atoms with Gasteiger partial charge >= 0.3 is 5.97 Å². The SMILES string of the molecule is CCOC(=O)c1ccccc1N1CC(C(=O)Nc2cccc(C)c2)CC1=O. The van der Waals surface area contributed by atoms with Crippen molar-refractivity contribution in [3.63, 3.8) is 0 Å². The van der Waals surface area contributed by atoms with Crippen molar-refractivity contribution in [2.45, 2.75) is 20.3 Å². The molecule has 6 nitrogen and oxygen atoms in total. The lowest BCUT2D eigenvalue weighted by Gasteiger charge is -2.19. The zero-order chi connectivity index (χ0) is 19.4. The van der Waals surface area contributed by atoms with Gasteiger partial charge in [0.25, 0.3) is 0 Å². The van der Waals surface area contributed by atoms with Crippen LogP contribution in [0.1, 0.15) is 29.3 Å². The van der Waals surface area contributed by atoms with Gasteiger partial charge in [0.2, 0.25) is 11.8 Å². The van der Waals surface area contributed by atoms with Crippen molar-refractivity contribution in [2.24, 2.45) is 5.92 Å². The average Bonchev–Trinajstić information content (AvgIpc) is 3.04. The molecule has 1 saturated heterocycles. The Morgan fingerprint density at radius 3 is 2.70 bits per heavy atom. The maximum atomic E-state index is 12.6. The van der Waals surface area contributed by atoms with Crippen molar-refractivity contribution < 1.29 is 19.1 Å². The molecule has 0 radical (unpaired) electrons.